The second-order valence-electron chi connectivity index (χ2n) is 5.90. The van der Waals surface area contributed by atoms with Gasteiger partial charge in [-0.25, -0.2) is 15.1 Å². The number of rotatable bonds is 5. The van der Waals surface area contributed by atoms with Crippen molar-refractivity contribution in [3.63, 3.8) is 0 Å². The molecule has 3 aromatic heterocycles. The van der Waals surface area contributed by atoms with Gasteiger partial charge in [0, 0.05) is 12.1 Å². The first kappa shape index (κ1) is 16.7. The maximum absolute atomic E-state index is 11.4. The van der Waals surface area contributed by atoms with E-state index >= 15 is 0 Å². The lowest BCUT2D eigenvalue weighted by Gasteiger charge is -2.06. The Kier molecular flexibility index (Phi) is 4.27. The van der Waals surface area contributed by atoms with E-state index < -0.39 is 5.91 Å². The number of aryl methyl sites for hydroxylation is 2. The number of hydrogen-bond donors (Lipinski definition) is 3. The number of nitrogen functional groups attached to an aromatic ring is 1. The lowest BCUT2D eigenvalue weighted by molar-refractivity contribution is 0.0706. The number of furan rings is 1. The van der Waals surface area contributed by atoms with Crippen LogP contribution in [0.2, 0.25) is 0 Å². The molecule has 0 radical (unpaired) electrons. The average Bonchev–Trinajstić information content (AvgIpc) is 3.36. The Hall–Kier alpha value is -3.72. The van der Waals surface area contributed by atoms with Crippen LogP contribution in [0.3, 0.4) is 0 Å². The van der Waals surface area contributed by atoms with Crippen molar-refractivity contribution in [1.29, 1.82) is 0 Å². The number of fused-ring (bicyclic) bond motifs is 1. The molecule has 1 amide bonds. The third-order valence-electron chi connectivity index (χ3n) is 4.20. The molecule has 136 valence electrons. The predicted octanol–water partition coefficient (Wildman–Crippen LogP) is 2.03. The number of amides is 1. The summed E-state index contributed by atoms with van der Waals surface area (Å²) in [5.41, 5.74) is 10.1. The molecule has 0 aliphatic carbocycles. The van der Waals surface area contributed by atoms with E-state index in [2.05, 4.69) is 15.1 Å². The topological polar surface area (TPSA) is 132 Å². The minimum absolute atomic E-state index is 0.148. The van der Waals surface area contributed by atoms with E-state index in [0.29, 0.717) is 35.6 Å². The van der Waals surface area contributed by atoms with Gasteiger partial charge in [-0.2, -0.15) is 10.1 Å². The van der Waals surface area contributed by atoms with Gasteiger partial charge in [-0.05, 0) is 36.2 Å². The lowest BCUT2D eigenvalue weighted by atomic mass is 10.1. The average molecular weight is 364 g/mol. The highest BCUT2D eigenvalue weighted by Gasteiger charge is 2.15. The fraction of sp³-hybridized carbons (Fsp3) is 0.111. The highest BCUT2D eigenvalue weighted by Crippen LogP contribution is 2.27. The molecule has 0 saturated carbocycles. The summed E-state index contributed by atoms with van der Waals surface area (Å²) in [6.45, 7) is 0.573. The maximum Gasteiger partial charge on any atom is 0.274 e. The molecule has 27 heavy (non-hydrogen) atoms. The van der Waals surface area contributed by atoms with Gasteiger partial charge in [0.1, 0.15) is 5.69 Å². The number of carbonyl (C=O) groups is 1. The van der Waals surface area contributed by atoms with Crippen LogP contribution in [0.25, 0.3) is 22.5 Å². The van der Waals surface area contributed by atoms with Crippen molar-refractivity contribution in [2.24, 2.45) is 0 Å². The van der Waals surface area contributed by atoms with Crippen LogP contribution in [0, 0.1) is 0 Å². The summed E-state index contributed by atoms with van der Waals surface area (Å²) < 4.78 is 7.19. The van der Waals surface area contributed by atoms with E-state index in [1.54, 1.807) is 40.8 Å². The van der Waals surface area contributed by atoms with E-state index in [0.717, 1.165) is 10.9 Å². The number of benzene rings is 1. The quantitative estimate of drug-likeness (QED) is 0.364. The summed E-state index contributed by atoms with van der Waals surface area (Å²) in [4.78, 5) is 20.0. The zero-order valence-electron chi connectivity index (χ0n) is 14.2. The number of hydroxylamine groups is 1. The first-order valence-electron chi connectivity index (χ1n) is 8.22. The lowest BCUT2D eigenvalue weighted by Crippen LogP contribution is -2.18. The van der Waals surface area contributed by atoms with Crippen molar-refractivity contribution in [2.45, 2.75) is 13.0 Å². The van der Waals surface area contributed by atoms with Crippen LogP contribution < -0.4 is 11.2 Å². The minimum atomic E-state index is -0.544. The minimum Gasteiger partial charge on any atom is -0.463 e. The molecule has 9 heteroatoms. The molecule has 0 bridgehead atoms. The fourth-order valence-corrected chi connectivity index (χ4v) is 2.86. The molecule has 3 heterocycles. The highest BCUT2D eigenvalue weighted by atomic mass is 16.5. The Bertz CT molecular complexity index is 1090. The number of nitrogens with zero attached hydrogens (tertiary/aromatic N) is 4. The third kappa shape index (κ3) is 3.23. The van der Waals surface area contributed by atoms with Crippen LogP contribution in [0.5, 0.6) is 0 Å². The summed E-state index contributed by atoms with van der Waals surface area (Å²) in [7, 11) is 0. The molecular formula is C18H16N6O3. The van der Waals surface area contributed by atoms with Gasteiger partial charge in [0.15, 0.2) is 11.4 Å². The first-order valence-corrected chi connectivity index (χ1v) is 8.22. The standard InChI is InChI=1S/C18H16N6O3/c19-18-21-15(14-2-1-9-27-14)13-10-20-24(16(13)22-18)8-7-11-3-5-12(6-4-11)17(25)23-26/h1-6,9-10,26H,7-8H2,(H,23,25)(H2,19,21,22). The van der Waals surface area contributed by atoms with Gasteiger partial charge in [0.25, 0.3) is 5.91 Å². The predicted molar refractivity (Wildman–Crippen MR) is 96.8 cm³/mol. The Morgan fingerprint density at radius 3 is 2.74 bits per heavy atom. The molecule has 9 nitrogen and oxygen atoms in total. The van der Waals surface area contributed by atoms with Crippen molar-refractivity contribution in [2.75, 3.05) is 5.73 Å². The van der Waals surface area contributed by atoms with Crippen LogP contribution in [-0.4, -0.2) is 30.9 Å². The zero-order valence-corrected chi connectivity index (χ0v) is 14.2. The Labute approximate surface area is 153 Å². The van der Waals surface area contributed by atoms with Crippen LogP contribution in [0.1, 0.15) is 15.9 Å². The molecule has 0 atom stereocenters. The molecule has 0 fully saturated rings. The molecule has 0 unspecified atom stereocenters. The van der Waals surface area contributed by atoms with Gasteiger partial charge in [-0.3, -0.25) is 10.0 Å². The normalized spacial score (nSPS) is 11.0. The Morgan fingerprint density at radius 1 is 1.22 bits per heavy atom. The van der Waals surface area contributed by atoms with Gasteiger partial charge in [-0.15, -0.1) is 0 Å². The second kappa shape index (κ2) is 6.89. The largest absolute Gasteiger partial charge is 0.463 e. The number of nitrogens with two attached hydrogens (primary N) is 1. The third-order valence-corrected chi connectivity index (χ3v) is 4.20. The number of nitrogens with one attached hydrogen (secondary N) is 1. The van der Waals surface area contributed by atoms with E-state index in [9.17, 15) is 4.79 Å². The number of hydrogen-bond acceptors (Lipinski definition) is 7. The number of aromatic nitrogens is 4. The number of anilines is 1. The van der Waals surface area contributed by atoms with Crippen LogP contribution in [0.4, 0.5) is 5.95 Å². The van der Waals surface area contributed by atoms with E-state index in [-0.39, 0.29) is 5.95 Å². The van der Waals surface area contributed by atoms with E-state index in [4.69, 9.17) is 15.4 Å². The molecular weight excluding hydrogens is 348 g/mol. The van der Waals surface area contributed by atoms with Gasteiger partial charge in [-0.1, -0.05) is 12.1 Å². The van der Waals surface area contributed by atoms with Crippen molar-refractivity contribution in [1.82, 2.24) is 25.2 Å². The van der Waals surface area contributed by atoms with Crippen LogP contribution in [0.15, 0.2) is 53.3 Å². The second-order valence-corrected chi connectivity index (χ2v) is 5.90. The summed E-state index contributed by atoms with van der Waals surface area (Å²) in [6, 6.07) is 10.5. The molecule has 0 aliphatic rings. The van der Waals surface area contributed by atoms with Gasteiger partial charge in [0.05, 0.1) is 17.8 Å². The van der Waals surface area contributed by atoms with Crippen molar-refractivity contribution in [3.8, 4) is 11.5 Å². The highest BCUT2D eigenvalue weighted by molar-refractivity contribution is 5.93. The maximum atomic E-state index is 11.4. The Balaban J connectivity index is 1.59. The molecule has 4 rings (SSSR count). The number of carbonyl (C=O) groups excluding carboxylic acids is 1. The van der Waals surface area contributed by atoms with Crippen molar-refractivity contribution < 1.29 is 14.4 Å². The zero-order chi connectivity index (χ0) is 18.8. The summed E-state index contributed by atoms with van der Waals surface area (Å²) in [6.07, 6.45) is 3.95. The van der Waals surface area contributed by atoms with Gasteiger partial charge in [0.2, 0.25) is 5.95 Å². The molecule has 1 aromatic carbocycles. The first-order chi connectivity index (χ1) is 13.2. The smallest absolute Gasteiger partial charge is 0.274 e. The Morgan fingerprint density at radius 2 is 2.04 bits per heavy atom. The molecule has 0 saturated heterocycles. The van der Waals surface area contributed by atoms with E-state index in [1.165, 1.54) is 0 Å². The molecule has 4 N–H and O–H groups in total. The van der Waals surface area contributed by atoms with E-state index in [1.807, 2.05) is 18.2 Å². The van der Waals surface area contributed by atoms with Crippen LogP contribution >= 0.6 is 0 Å². The molecule has 0 spiro atoms. The fourth-order valence-electron chi connectivity index (χ4n) is 2.86. The van der Waals surface area contributed by atoms with Crippen LogP contribution in [-0.2, 0) is 13.0 Å². The van der Waals surface area contributed by atoms with Crippen molar-refractivity contribution in [3.05, 3.63) is 60.0 Å². The SMILES string of the molecule is Nc1nc(-c2ccco2)c2cnn(CCc3ccc(C(=O)NO)cc3)c2n1. The summed E-state index contributed by atoms with van der Waals surface area (Å²) in [5, 5.41) is 13.8. The van der Waals surface area contributed by atoms with Crippen molar-refractivity contribution >= 4 is 22.9 Å². The van der Waals surface area contributed by atoms with Gasteiger partial charge >= 0.3 is 0 Å². The monoisotopic (exact) mass is 364 g/mol. The molecule has 0 aliphatic heterocycles. The summed E-state index contributed by atoms with van der Waals surface area (Å²) in [5.74, 6) is 0.207. The summed E-state index contributed by atoms with van der Waals surface area (Å²) >= 11 is 0. The molecule has 4 aromatic rings. The van der Waals surface area contributed by atoms with Gasteiger partial charge < -0.3 is 10.2 Å².